The molecular weight excluding hydrogens is 180 g/mol. The molecule has 1 atom stereocenters. The van der Waals surface area contributed by atoms with Gasteiger partial charge in [0.15, 0.2) is 0 Å². The van der Waals surface area contributed by atoms with Gasteiger partial charge in [0.05, 0.1) is 13.2 Å². The predicted molar refractivity (Wildman–Crippen MR) is 53.9 cm³/mol. The Morgan fingerprint density at radius 2 is 2.21 bits per heavy atom. The van der Waals surface area contributed by atoms with Crippen LogP contribution in [0, 0.1) is 6.92 Å². The topological polar surface area (TPSA) is 52.0 Å². The second-order valence-corrected chi connectivity index (χ2v) is 3.46. The summed E-state index contributed by atoms with van der Waals surface area (Å²) in [5.41, 5.74) is 0. The van der Waals surface area contributed by atoms with Crippen molar-refractivity contribution in [2.45, 2.75) is 26.4 Å². The van der Waals surface area contributed by atoms with E-state index in [1.165, 1.54) is 0 Å². The van der Waals surface area contributed by atoms with Crippen LogP contribution in [-0.4, -0.2) is 34.5 Å². The van der Waals surface area contributed by atoms with Gasteiger partial charge in [0.1, 0.15) is 11.6 Å². The first-order valence-corrected chi connectivity index (χ1v) is 4.72. The molecule has 1 aromatic rings. The molecule has 0 aromatic carbocycles. The van der Waals surface area contributed by atoms with Crippen LogP contribution in [0.5, 0.6) is 0 Å². The van der Waals surface area contributed by atoms with Crippen molar-refractivity contribution in [3.05, 3.63) is 11.6 Å². The molecule has 5 nitrogen and oxygen atoms in total. The van der Waals surface area contributed by atoms with Crippen LogP contribution in [-0.2, 0) is 18.3 Å². The van der Waals surface area contributed by atoms with E-state index >= 15 is 0 Å². The first-order valence-electron chi connectivity index (χ1n) is 4.72. The minimum absolute atomic E-state index is 0.331. The van der Waals surface area contributed by atoms with Gasteiger partial charge in [-0.25, -0.2) is 0 Å². The Morgan fingerprint density at radius 3 is 2.71 bits per heavy atom. The molecule has 1 heterocycles. The van der Waals surface area contributed by atoms with Crippen LogP contribution in [0.1, 0.15) is 18.6 Å². The third-order valence-corrected chi connectivity index (χ3v) is 2.21. The van der Waals surface area contributed by atoms with Gasteiger partial charge in [0.2, 0.25) is 0 Å². The monoisotopic (exact) mass is 198 g/mol. The van der Waals surface area contributed by atoms with E-state index in [1.807, 2.05) is 18.5 Å². The van der Waals surface area contributed by atoms with E-state index in [2.05, 4.69) is 22.4 Å². The zero-order valence-electron chi connectivity index (χ0n) is 9.24. The van der Waals surface area contributed by atoms with Gasteiger partial charge < -0.3 is 14.6 Å². The molecule has 0 amide bonds. The lowest BCUT2D eigenvalue weighted by Crippen LogP contribution is -2.30. The van der Waals surface area contributed by atoms with Gasteiger partial charge in [-0.2, -0.15) is 0 Å². The van der Waals surface area contributed by atoms with E-state index in [0.29, 0.717) is 12.6 Å². The van der Waals surface area contributed by atoms with Crippen LogP contribution in [0.15, 0.2) is 0 Å². The lowest BCUT2D eigenvalue weighted by atomic mass is 10.3. The molecule has 1 aromatic heterocycles. The van der Waals surface area contributed by atoms with Crippen LogP contribution >= 0.6 is 0 Å². The van der Waals surface area contributed by atoms with Crippen LogP contribution in [0.3, 0.4) is 0 Å². The SMILES string of the molecule is COCC(C)NCc1nnc(C)n1C. The number of methoxy groups -OCH3 is 1. The molecule has 0 saturated carbocycles. The van der Waals surface area contributed by atoms with E-state index in [1.54, 1.807) is 7.11 Å². The summed E-state index contributed by atoms with van der Waals surface area (Å²) in [5.74, 6) is 1.88. The molecule has 0 bridgehead atoms. The highest BCUT2D eigenvalue weighted by atomic mass is 16.5. The molecule has 0 radical (unpaired) electrons. The number of aromatic nitrogens is 3. The molecule has 80 valence electrons. The minimum Gasteiger partial charge on any atom is -0.383 e. The van der Waals surface area contributed by atoms with Gasteiger partial charge in [0.25, 0.3) is 0 Å². The third kappa shape index (κ3) is 2.78. The molecule has 1 N–H and O–H groups in total. The molecule has 0 aliphatic carbocycles. The summed E-state index contributed by atoms with van der Waals surface area (Å²) in [5, 5.41) is 11.3. The van der Waals surface area contributed by atoms with Crippen molar-refractivity contribution in [2.24, 2.45) is 7.05 Å². The Hall–Kier alpha value is -0.940. The molecule has 1 rings (SSSR count). The van der Waals surface area contributed by atoms with Crippen molar-refractivity contribution in [1.82, 2.24) is 20.1 Å². The van der Waals surface area contributed by atoms with Crippen molar-refractivity contribution in [3.63, 3.8) is 0 Å². The van der Waals surface area contributed by atoms with Gasteiger partial charge in [-0.3, -0.25) is 0 Å². The summed E-state index contributed by atoms with van der Waals surface area (Å²) < 4.78 is 7.00. The Kier molecular flexibility index (Phi) is 4.03. The highest BCUT2D eigenvalue weighted by Crippen LogP contribution is 1.97. The first kappa shape index (κ1) is 11.1. The molecule has 5 heteroatoms. The van der Waals surface area contributed by atoms with E-state index in [-0.39, 0.29) is 0 Å². The lowest BCUT2D eigenvalue weighted by molar-refractivity contribution is 0.171. The highest BCUT2D eigenvalue weighted by Gasteiger charge is 2.06. The van der Waals surface area contributed by atoms with E-state index in [9.17, 15) is 0 Å². The zero-order chi connectivity index (χ0) is 10.6. The minimum atomic E-state index is 0.331. The number of aryl methyl sites for hydroxylation is 1. The van der Waals surface area contributed by atoms with Crippen molar-refractivity contribution in [2.75, 3.05) is 13.7 Å². The fraction of sp³-hybridized carbons (Fsp3) is 0.778. The van der Waals surface area contributed by atoms with Crippen LogP contribution < -0.4 is 5.32 Å². The van der Waals surface area contributed by atoms with Crippen molar-refractivity contribution < 1.29 is 4.74 Å². The number of hydrogen-bond donors (Lipinski definition) is 1. The van der Waals surface area contributed by atoms with Gasteiger partial charge >= 0.3 is 0 Å². The molecule has 0 saturated heterocycles. The van der Waals surface area contributed by atoms with Crippen molar-refractivity contribution in [1.29, 1.82) is 0 Å². The maximum Gasteiger partial charge on any atom is 0.146 e. The molecule has 14 heavy (non-hydrogen) atoms. The average Bonchev–Trinajstić information content (AvgIpc) is 2.46. The molecule has 1 unspecified atom stereocenters. The quantitative estimate of drug-likeness (QED) is 0.736. The predicted octanol–water partition coefficient (Wildman–Crippen LogP) is 0.248. The Bertz CT molecular complexity index is 284. The van der Waals surface area contributed by atoms with Crippen LogP contribution in [0.25, 0.3) is 0 Å². The number of nitrogens with one attached hydrogen (secondary N) is 1. The fourth-order valence-corrected chi connectivity index (χ4v) is 1.18. The highest BCUT2D eigenvalue weighted by molar-refractivity contribution is 4.92. The molecule has 0 aliphatic rings. The normalized spacial score (nSPS) is 13.1. The van der Waals surface area contributed by atoms with E-state index in [0.717, 1.165) is 18.2 Å². The van der Waals surface area contributed by atoms with Gasteiger partial charge in [0, 0.05) is 20.2 Å². The lowest BCUT2D eigenvalue weighted by Gasteiger charge is -2.11. The number of nitrogens with zero attached hydrogens (tertiary/aromatic N) is 3. The summed E-state index contributed by atoms with van der Waals surface area (Å²) in [6.07, 6.45) is 0. The Morgan fingerprint density at radius 1 is 1.50 bits per heavy atom. The van der Waals surface area contributed by atoms with Crippen molar-refractivity contribution in [3.8, 4) is 0 Å². The summed E-state index contributed by atoms with van der Waals surface area (Å²) in [6.45, 7) is 5.44. The van der Waals surface area contributed by atoms with Crippen LogP contribution in [0.4, 0.5) is 0 Å². The summed E-state index contributed by atoms with van der Waals surface area (Å²) >= 11 is 0. The van der Waals surface area contributed by atoms with Gasteiger partial charge in [-0.05, 0) is 13.8 Å². The largest absolute Gasteiger partial charge is 0.383 e. The van der Waals surface area contributed by atoms with Gasteiger partial charge in [-0.1, -0.05) is 0 Å². The summed E-state index contributed by atoms with van der Waals surface area (Å²) in [4.78, 5) is 0. The maximum atomic E-state index is 5.02. The smallest absolute Gasteiger partial charge is 0.146 e. The van der Waals surface area contributed by atoms with E-state index < -0.39 is 0 Å². The van der Waals surface area contributed by atoms with E-state index in [4.69, 9.17) is 4.74 Å². The van der Waals surface area contributed by atoms with Crippen molar-refractivity contribution >= 4 is 0 Å². The summed E-state index contributed by atoms with van der Waals surface area (Å²) in [6, 6.07) is 0.331. The number of rotatable bonds is 5. The standard InChI is InChI=1S/C9H18N4O/c1-7(6-14-4)10-5-9-12-11-8(2)13(9)3/h7,10H,5-6H2,1-4H3. The second kappa shape index (κ2) is 5.07. The number of ether oxygens (including phenoxy) is 1. The Labute approximate surface area is 84.5 Å². The zero-order valence-corrected chi connectivity index (χ0v) is 9.24. The van der Waals surface area contributed by atoms with Gasteiger partial charge in [-0.15, -0.1) is 10.2 Å². The number of hydrogen-bond acceptors (Lipinski definition) is 4. The summed E-state index contributed by atoms with van der Waals surface area (Å²) in [7, 11) is 3.66. The molecular formula is C9H18N4O. The Balaban J connectivity index is 2.41. The third-order valence-electron chi connectivity index (χ3n) is 2.21. The fourth-order valence-electron chi connectivity index (χ4n) is 1.18. The average molecular weight is 198 g/mol. The maximum absolute atomic E-state index is 5.02. The molecule has 0 fully saturated rings. The first-order chi connectivity index (χ1) is 6.65. The van der Waals surface area contributed by atoms with Crippen LogP contribution in [0.2, 0.25) is 0 Å². The molecule has 0 spiro atoms. The molecule has 0 aliphatic heterocycles. The second-order valence-electron chi connectivity index (χ2n) is 3.46.